The van der Waals surface area contributed by atoms with Gasteiger partial charge < -0.3 is 9.47 Å². The monoisotopic (exact) mass is 275 g/mol. The predicted molar refractivity (Wildman–Crippen MR) is 76.3 cm³/mol. The quantitative estimate of drug-likeness (QED) is 0.729. The zero-order chi connectivity index (χ0) is 14.4. The smallest absolute Gasteiger partial charge is 0.204 e. The summed E-state index contributed by atoms with van der Waals surface area (Å²) in [4.78, 5) is 0. The van der Waals surface area contributed by atoms with Crippen molar-refractivity contribution in [2.24, 2.45) is 0 Å². The van der Waals surface area contributed by atoms with Crippen molar-refractivity contribution in [3.8, 4) is 0 Å². The first-order valence-corrected chi connectivity index (χ1v) is 6.92. The van der Waals surface area contributed by atoms with Gasteiger partial charge in [0.05, 0.1) is 12.7 Å². The zero-order valence-corrected chi connectivity index (χ0v) is 12.2. The minimum absolute atomic E-state index is 0.435. The summed E-state index contributed by atoms with van der Waals surface area (Å²) in [6, 6.07) is 8.25. The van der Waals surface area contributed by atoms with Crippen molar-refractivity contribution in [1.82, 2.24) is 15.0 Å². The molecule has 0 saturated heterocycles. The molecule has 20 heavy (non-hydrogen) atoms. The van der Waals surface area contributed by atoms with Gasteiger partial charge in [0.15, 0.2) is 0 Å². The Morgan fingerprint density at radius 2 is 1.85 bits per heavy atom. The summed E-state index contributed by atoms with van der Waals surface area (Å²) >= 11 is 0. The Hall–Kier alpha value is -1.72. The van der Waals surface area contributed by atoms with Crippen molar-refractivity contribution < 1.29 is 9.47 Å². The topological polar surface area (TPSA) is 49.2 Å². The third kappa shape index (κ3) is 3.65. The van der Waals surface area contributed by atoms with Gasteiger partial charge in [-0.25, -0.2) is 4.68 Å². The van der Waals surface area contributed by atoms with Crippen LogP contribution in [0.5, 0.6) is 0 Å². The summed E-state index contributed by atoms with van der Waals surface area (Å²) in [6.07, 6.45) is 1.44. The van der Waals surface area contributed by atoms with E-state index in [1.165, 1.54) is 11.1 Å². The Balaban J connectivity index is 2.10. The van der Waals surface area contributed by atoms with Crippen LogP contribution in [-0.4, -0.2) is 28.2 Å². The maximum atomic E-state index is 5.52. The minimum atomic E-state index is -0.435. The van der Waals surface area contributed by atoms with Crippen molar-refractivity contribution in [1.29, 1.82) is 0 Å². The van der Waals surface area contributed by atoms with E-state index in [1.54, 1.807) is 0 Å². The van der Waals surface area contributed by atoms with Crippen molar-refractivity contribution in [2.75, 3.05) is 13.2 Å². The number of hydrogen-bond donors (Lipinski definition) is 0. The van der Waals surface area contributed by atoms with Gasteiger partial charge in [-0.1, -0.05) is 29.5 Å². The Morgan fingerprint density at radius 1 is 1.15 bits per heavy atom. The summed E-state index contributed by atoms with van der Waals surface area (Å²) < 4.78 is 12.8. The number of rotatable bonds is 7. The molecule has 0 fully saturated rings. The van der Waals surface area contributed by atoms with E-state index in [2.05, 4.69) is 29.4 Å². The highest BCUT2D eigenvalue weighted by molar-refractivity contribution is 5.25. The fraction of sp³-hybridized carbons (Fsp3) is 0.467. The van der Waals surface area contributed by atoms with Crippen LogP contribution < -0.4 is 0 Å². The van der Waals surface area contributed by atoms with E-state index >= 15 is 0 Å². The van der Waals surface area contributed by atoms with E-state index in [9.17, 15) is 0 Å². The lowest BCUT2D eigenvalue weighted by Gasteiger charge is -2.13. The number of ether oxygens (including phenoxy) is 2. The summed E-state index contributed by atoms with van der Waals surface area (Å²) in [5.74, 6) is 0. The fourth-order valence-electron chi connectivity index (χ4n) is 1.98. The Kier molecular flexibility index (Phi) is 5.26. The molecule has 0 aliphatic carbocycles. The van der Waals surface area contributed by atoms with Gasteiger partial charge in [-0.2, -0.15) is 0 Å². The van der Waals surface area contributed by atoms with Gasteiger partial charge in [0.1, 0.15) is 5.69 Å². The van der Waals surface area contributed by atoms with Gasteiger partial charge >= 0.3 is 0 Å². The zero-order valence-electron chi connectivity index (χ0n) is 12.2. The van der Waals surface area contributed by atoms with Crippen molar-refractivity contribution in [3.05, 3.63) is 47.3 Å². The minimum Gasteiger partial charge on any atom is -0.347 e. The molecule has 5 heteroatoms. The van der Waals surface area contributed by atoms with Crippen LogP contribution in [0.4, 0.5) is 0 Å². The summed E-state index contributed by atoms with van der Waals surface area (Å²) in [6.45, 7) is 7.82. The summed E-state index contributed by atoms with van der Waals surface area (Å²) in [7, 11) is 0. The molecule has 0 bridgehead atoms. The highest BCUT2D eigenvalue weighted by atomic mass is 16.7. The first-order valence-electron chi connectivity index (χ1n) is 6.92. The molecule has 0 amide bonds. The van der Waals surface area contributed by atoms with E-state index < -0.39 is 6.29 Å². The summed E-state index contributed by atoms with van der Waals surface area (Å²) in [5.41, 5.74) is 3.19. The van der Waals surface area contributed by atoms with Gasteiger partial charge in [-0.05, 0) is 31.9 Å². The SMILES string of the molecule is CCOC(OCC)c1cn(Cc2ccccc2C)nn1. The number of nitrogens with zero attached hydrogens (tertiary/aromatic N) is 3. The molecular weight excluding hydrogens is 254 g/mol. The average Bonchev–Trinajstić information content (AvgIpc) is 2.90. The predicted octanol–water partition coefficient (Wildman–Crippen LogP) is 2.71. The maximum Gasteiger partial charge on any atom is 0.204 e. The Labute approximate surface area is 119 Å². The molecule has 5 nitrogen and oxygen atoms in total. The third-order valence-electron chi connectivity index (χ3n) is 3.03. The lowest BCUT2D eigenvalue weighted by molar-refractivity contribution is -0.142. The lowest BCUT2D eigenvalue weighted by atomic mass is 10.1. The molecule has 0 atom stereocenters. The van der Waals surface area contributed by atoms with Crippen molar-refractivity contribution >= 4 is 0 Å². The molecule has 0 spiro atoms. The molecule has 0 radical (unpaired) electrons. The Bertz CT molecular complexity index is 533. The standard InChI is InChI=1S/C15H21N3O2/c1-4-19-15(20-5-2)14-11-18(17-16-14)10-13-9-7-6-8-12(13)3/h6-9,11,15H,4-5,10H2,1-3H3. The van der Waals surface area contributed by atoms with Crippen LogP contribution in [0.3, 0.4) is 0 Å². The van der Waals surface area contributed by atoms with Crippen LogP contribution in [0.2, 0.25) is 0 Å². The van der Waals surface area contributed by atoms with Crippen LogP contribution in [0, 0.1) is 6.92 Å². The van der Waals surface area contributed by atoms with Gasteiger partial charge in [-0.3, -0.25) is 0 Å². The first-order chi connectivity index (χ1) is 9.74. The second-order valence-corrected chi connectivity index (χ2v) is 4.51. The number of benzene rings is 1. The molecule has 0 aliphatic rings. The molecule has 1 aromatic carbocycles. The van der Waals surface area contributed by atoms with Crippen LogP contribution in [0.1, 0.15) is 37.0 Å². The van der Waals surface area contributed by atoms with Crippen LogP contribution in [-0.2, 0) is 16.0 Å². The van der Waals surface area contributed by atoms with E-state index in [4.69, 9.17) is 9.47 Å². The van der Waals surface area contributed by atoms with Gasteiger partial charge in [0.2, 0.25) is 6.29 Å². The fourth-order valence-corrected chi connectivity index (χ4v) is 1.98. The second kappa shape index (κ2) is 7.17. The molecule has 2 aromatic rings. The summed E-state index contributed by atoms with van der Waals surface area (Å²) in [5, 5.41) is 8.29. The second-order valence-electron chi connectivity index (χ2n) is 4.51. The molecular formula is C15H21N3O2. The van der Waals surface area contributed by atoms with E-state index in [0.717, 1.165) is 0 Å². The highest BCUT2D eigenvalue weighted by Gasteiger charge is 2.15. The maximum absolute atomic E-state index is 5.52. The number of hydrogen-bond acceptors (Lipinski definition) is 4. The third-order valence-corrected chi connectivity index (χ3v) is 3.03. The number of aromatic nitrogens is 3. The van der Waals surface area contributed by atoms with Crippen LogP contribution >= 0.6 is 0 Å². The normalized spacial score (nSPS) is 11.2. The molecule has 1 aromatic heterocycles. The molecule has 2 rings (SSSR count). The molecule has 0 saturated carbocycles. The van der Waals surface area contributed by atoms with E-state index in [-0.39, 0.29) is 0 Å². The molecule has 0 aliphatic heterocycles. The molecule has 1 heterocycles. The van der Waals surface area contributed by atoms with Gasteiger partial charge in [0.25, 0.3) is 0 Å². The van der Waals surface area contributed by atoms with Gasteiger partial charge in [-0.15, -0.1) is 5.10 Å². The molecule has 0 N–H and O–H groups in total. The lowest BCUT2D eigenvalue weighted by Crippen LogP contribution is -2.09. The largest absolute Gasteiger partial charge is 0.347 e. The van der Waals surface area contributed by atoms with Crippen LogP contribution in [0.15, 0.2) is 30.5 Å². The van der Waals surface area contributed by atoms with Crippen molar-refractivity contribution in [2.45, 2.75) is 33.6 Å². The average molecular weight is 275 g/mol. The number of aryl methyl sites for hydroxylation is 1. The first kappa shape index (κ1) is 14.7. The highest BCUT2D eigenvalue weighted by Crippen LogP contribution is 2.16. The molecule has 0 unspecified atom stereocenters. The van der Waals surface area contributed by atoms with Gasteiger partial charge in [0, 0.05) is 13.2 Å². The van der Waals surface area contributed by atoms with Crippen LogP contribution in [0.25, 0.3) is 0 Å². The molecule has 108 valence electrons. The van der Waals surface area contributed by atoms with E-state index in [0.29, 0.717) is 25.5 Å². The van der Waals surface area contributed by atoms with Crippen molar-refractivity contribution in [3.63, 3.8) is 0 Å². The van der Waals surface area contributed by atoms with E-state index in [1.807, 2.05) is 36.9 Å². The Morgan fingerprint density at radius 3 is 2.50 bits per heavy atom.